The third kappa shape index (κ3) is 5.42. The predicted octanol–water partition coefficient (Wildman–Crippen LogP) is 1.58. The van der Waals surface area contributed by atoms with Crippen LogP contribution in [0.3, 0.4) is 0 Å². The zero-order chi connectivity index (χ0) is 15.1. The molecule has 1 fully saturated rings. The molecule has 1 aliphatic heterocycles. The number of aromatic nitrogens is 2. The van der Waals surface area contributed by atoms with Crippen LogP contribution in [0.15, 0.2) is 17.3 Å². The van der Waals surface area contributed by atoms with Crippen LogP contribution >= 0.6 is 24.0 Å². The van der Waals surface area contributed by atoms with Crippen LogP contribution in [0.2, 0.25) is 0 Å². The van der Waals surface area contributed by atoms with Gasteiger partial charge >= 0.3 is 0 Å². The van der Waals surface area contributed by atoms with Gasteiger partial charge in [0.1, 0.15) is 0 Å². The molecule has 126 valence electrons. The minimum atomic E-state index is 0. The van der Waals surface area contributed by atoms with Gasteiger partial charge in [-0.1, -0.05) is 13.3 Å². The van der Waals surface area contributed by atoms with Crippen LogP contribution in [0.4, 0.5) is 0 Å². The van der Waals surface area contributed by atoms with Crippen molar-refractivity contribution in [3.8, 4) is 0 Å². The molecule has 1 saturated heterocycles. The van der Waals surface area contributed by atoms with Crippen molar-refractivity contribution < 1.29 is 0 Å². The van der Waals surface area contributed by atoms with Crippen LogP contribution in [0.5, 0.6) is 0 Å². The average molecular weight is 420 g/mol. The van der Waals surface area contributed by atoms with Crippen molar-refractivity contribution in [2.75, 3.05) is 26.7 Å². The predicted molar refractivity (Wildman–Crippen MR) is 102 cm³/mol. The molecule has 1 aromatic rings. The van der Waals surface area contributed by atoms with Crippen LogP contribution in [-0.4, -0.2) is 53.4 Å². The minimum absolute atomic E-state index is 0. The van der Waals surface area contributed by atoms with Gasteiger partial charge in [0.15, 0.2) is 5.96 Å². The molecule has 0 aliphatic carbocycles. The first-order valence-electron chi connectivity index (χ1n) is 7.90. The summed E-state index contributed by atoms with van der Waals surface area (Å²) in [6.45, 7) is 6.29. The van der Waals surface area contributed by atoms with Crippen molar-refractivity contribution >= 4 is 29.9 Å². The summed E-state index contributed by atoms with van der Waals surface area (Å²) in [6.07, 6.45) is 5.76. The fraction of sp³-hybridized carbons (Fsp3) is 0.733. The third-order valence-electron chi connectivity index (χ3n) is 4.24. The van der Waals surface area contributed by atoms with Gasteiger partial charge in [-0.05, 0) is 32.0 Å². The van der Waals surface area contributed by atoms with E-state index in [1.54, 1.807) is 0 Å². The molecule has 6 nitrogen and oxygen atoms in total. The molecule has 2 heterocycles. The van der Waals surface area contributed by atoms with E-state index in [4.69, 9.17) is 0 Å². The van der Waals surface area contributed by atoms with Gasteiger partial charge < -0.3 is 10.6 Å². The largest absolute Gasteiger partial charge is 0.355 e. The number of aliphatic imine (C=N–C) groups is 1. The summed E-state index contributed by atoms with van der Waals surface area (Å²) in [5.74, 6) is 0.859. The molecule has 0 saturated carbocycles. The maximum Gasteiger partial charge on any atom is 0.191 e. The first-order valence-corrected chi connectivity index (χ1v) is 7.90. The summed E-state index contributed by atoms with van der Waals surface area (Å²) < 4.78 is 1.88. The number of hydrogen-bond donors (Lipinski definition) is 2. The molecule has 2 N–H and O–H groups in total. The highest BCUT2D eigenvalue weighted by Gasteiger charge is 2.20. The first kappa shape index (κ1) is 19.2. The lowest BCUT2D eigenvalue weighted by atomic mass is 10.0. The van der Waals surface area contributed by atoms with E-state index in [0.717, 1.165) is 31.3 Å². The molecule has 0 amide bonds. The molecule has 0 radical (unpaired) electrons. The summed E-state index contributed by atoms with van der Waals surface area (Å²) in [6, 6.07) is 2.64. The Balaban J connectivity index is 0.00000242. The molecular formula is C15H29IN6. The average Bonchev–Trinajstić information content (AvgIpc) is 2.93. The molecule has 1 aliphatic rings. The highest BCUT2D eigenvalue weighted by Crippen LogP contribution is 2.15. The number of nitrogens with one attached hydrogen (secondary N) is 2. The Bertz CT molecular complexity index is 459. The number of piperidine rings is 1. The van der Waals surface area contributed by atoms with Gasteiger partial charge in [0.2, 0.25) is 0 Å². The summed E-state index contributed by atoms with van der Waals surface area (Å²) in [4.78, 5) is 6.86. The lowest BCUT2D eigenvalue weighted by Gasteiger charge is -2.35. The van der Waals surface area contributed by atoms with Gasteiger partial charge in [0.25, 0.3) is 0 Å². The Labute approximate surface area is 150 Å². The van der Waals surface area contributed by atoms with E-state index in [-0.39, 0.29) is 24.0 Å². The second kappa shape index (κ2) is 10.0. The molecule has 2 rings (SSSR count). The van der Waals surface area contributed by atoms with Crippen molar-refractivity contribution in [2.24, 2.45) is 12.0 Å². The molecule has 0 spiro atoms. The number of nitrogens with zero attached hydrogens (tertiary/aromatic N) is 4. The second-order valence-electron chi connectivity index (χ2n) is 5.53. The van der Waals surface area contributed by atoms with E-state index in [0.29, 0.717) is 6.04 Å². The molecule has 0 aromatic carbocycles. The molecular weight excluding hydrogens is 391 g/mol. The molecule has 1 aromatic heterocycles. The Morgan fingerprint density at radius 2 is 2.23 bits per heavy atom. The van der Waals surface area contributed by atoms with Crippen LogP contribution < -0.4 is 10.6 Å². The summed E-state index contributed by atoms with van der Waals surface area (Å²) >= 11 is 0. The molecule has 1 atom stereocenters. The lowest BCUT2D eigenvalue weighted by Crippen LogP contribution is -2.48. The Morgan fingerprint density at radius 3 is 2.86 bits per heavy atom. The summed E-state index contributed by atoms with van der Waals surface area (Å²) in [7, 11) is 3.77. The molecule has 7 heteroatoms. The van der Waals surface area contributed by atoms with Gasteiger partial charge in [-0.3, -0.25) is 14.6 Å². The van der Waals surface area contributed by atoms with Gasteiger partial charge in [0.05, 0.1) is 12.2 Å². The highest BCUT2D eigenvalue weighted by atomic mass is 127. The molecule has 1 unspecified atom stereocenters. The number of guanidine groups is 1. The fourth-order valence-electron chi connectivity index (χ4n) is 2.89. The van der Waals surface area contributed by atoms with Crippen LogP contribution in [0.1, 0.15) is 31.9 Å². The third-order valence-corrected chi connectivity index (χ3v) is 4.24. The maximum absolute atomic E-state index is 4.30. The van der Waals surface area contributed by atoms with E-state index in [1.807, 2.05) is 31.0 Å². The Hall–Kier alpha value is -0.830. The smallest absolute Gasteiger partial charge is 0.191 e. The quantitative estimate of drug-likeness (QED) is 0.432. The zero-order valence-electron chi connectivity index (χ0n) is 13.9. The van der Waals surface area contributed by atoms with Crippen LogP contribution in [0, 0.1) is 0 Å². The van der Waals surface area contributed by atoms with Gasteiger partial charge in [0, 0.05) is 32.9 Å². The summed E-state index contributed by atoms with van der Waals surface area (Å²) in [5.41, 5.74) is 1.14. The number of likely N-dealkylation sites (N-methyl/N-ethyl adjacent to an activating group) is 1. The molecule has 22 heavy (non-hydrogen) atoms. The Morgan fingerprint density at radius 1 is 1.41 bits per heavy atom. The zero-order valence-corrected chi connectivity index (χ0v) is 16.2. The van der Waals surface area contributed by atoms with E-state index in [9.17, 15) is 0 Å². The maximum atomic E-state index is 4.30. The normalized spacial score (nSPS) is 19.6. The number of aryl methyl sites for hydroxylation is 1. The van der Waals surface area contributed by atoms with E-state index >= 15 is 0 Å². The first-order chi connectivity index (χ1) is 10.2. The van der Waals surface area contributed by atoms with Crippen molar-refractivity contribution in [3.05, 3.63) is 18.0 Å². The second-order valence-corrected chi connectivity index (χ2v) is 5.53. The fourth-order valence-corrected chi connectivity index (χ4v) is 2.89. The minimum Gasteiger partial charge on any atom is -0.355 e. The van der Waals surface area contributed by atoms with Crippen molar-refractivity contribution in [3.63, 3.8) is 0 Å². The number of halogens is 1. The van der Waals surface area contributed by atoms with Crippen molar-refractivity contribution in [1.82, 2.24) is 25.3 Å². The number of rotatable bonds is 5. The standard InChI is InChI=1S/C15H28N6.HI/c1-4-21-10-6-5-7-14(21)12-18-15(16-2)17-11-13-8-9-19-20(13)3;/h8-9,14H,4-7,10-12H2,1-3H3,(H2,16,17,18);1H. The monoisotopic (exact) mass is 420 g/mol. The SMILES string of the molecule is CCN1CCCCC1CNC(=NC)NCc1ccnn1C.I. The van der Waals surface area contributed by atoms with E-state index in [1.165, 1.54) is 25.8 Å². The highest BCUT2D eigenvalue weighted by molar-refractivity contribution is 14.0. The molecule has 0 bridgehead atoms. The van der Waals surface area contributed by atoms with Crippen molar-refractivity contribution in [1.29, 1.82) is 0 Å². The van der Waals surface area contributed by atoms with Gasteiger partial charge in [-0.25, -0.2) is 0 Å². The van der Waals surface area contributed by atoms with Gasteiger partial charge in [-0.15, -0.1) is 24.0 Å². The number of hydrogen-bond acceptors (Lipinski definition) is 3. The number of likely N-dealkylation sites (tertiary alicyclic amines) is 1. The topological polar surface area (TPSA) is 57.5 Å². The Kier molecular flexibility index (Phi) is 8.77. The van der Waals surface area contributed by atoms with E-state index < -0.39 is 0 Å². The lowest BCUT2D eigenvalue weighted by molar-refractivity contribution is 0.157. The van der Waals surface area contributed by atoms with Crippen LogP contribution in [-0.2, 0) is 13.6 Å². The van der Waals surface area contributed by atoms with E-state index in [2.05, 4.69) is 32.5 Å². The van der Waals surface area contributed by atoms with Crippen LogP contribution in [0.25, 0.3) is 0 Å². The van der Waals surface area contributed by atoms with Gasteiger partial charge in [-0.2, -0.15) is 5.10 Å². The summed E-state index contributed by atoms with van der Waals surface area (Å²) in [5, 5.41) is 11.0. The van der Waals surface area contributed by atoms with Crippen molar-refractivity contribution in [2.45, 2.75) is 38.8 Å².